The third-order valence-electron chi connectivity index (χ3n) is 3.93. The second-order valence-corrected chi connectivity index (χ2v) is 7.96. The van der Waals surface area contributed by atoms with Crippen molar-refractivity contribution >= 4 is 10.1 Å². The molecule has 0 saturated heterocycles. The van der Waals surface area contributed by atoms with Gasteiger partial charge in [0.05, 0.1) is 11.5 Å². The van der Waals surface area contributed by atoms with E-state index < -0.39 is 10.1 Å². The fraction of sp³-hybridized carbons (Fsp3) is 0.700. The SMILES string of the molecule is CCCCCCCCCCCCOS(=O)(=O)c1ccccc1.NCCN. The Morgan fingerprint density at radius 2 is 1.23 bits per heavy atom. The Bertz CT molecular complexity index is 505. The van der Waals surface area contributed by atoms with Crippen LogP contribution in [0.4, 0.5) is 0 Å². The van der Waals surface area contributed by atoms with E-state index in [1.165, 1.54) is 51.4 Å². The van der Waals surface area contributed by atoms with Crippen molar-refractivity contribution in [2.75, 3.05) is 19.7 Å². The summed E-state index contributed by atoms with van der Waals surface area (Å²) >= 11 is 0. The molecular weight excluding hydrogens is 348 g/mol. The van der Waals surface area contributed by atoms with Gasteiger partial charge in [-0.25, -0.2) is 0 Å². The summed E-state index contributed by atoms with van der Waals surface area (Å²) < 4.78 is 28.8. The third kappa shape index (κ3) is 14.2. The predicted octanol–water partition coefficient (Wildman–Crippen LogP) is 4.22. The maximum Gasteiger partial charge on any atom is 0.296 e. The van der Waals surface area contributed by atoms with Gasteiger partial charge < -0.3 is 11.5 Å². The summed E-state index contributed by atoms with van der Waals surface area (Å²) in [5.41, 5.74) is 9.81. The molecule has 0 aliphatic rings. The molecule has 0 aliphatic carbocycles. The number of hydrogen-bond donors (Lipinski definition) is 2. The first-order valence-corrected chi connectivity index (χ1v) is 11.3. The van der Waals surface area contributed by atoms with Gasteiger partial charge in [0.1, 0.15) is 0 Å². The Balaban J connectivity index is 0.00000141. The molecule has 0 radical (unpaired) electrons. The van der Waals surface area contributed by atoms with E-state index in [4.69, 9.17) is 15.7 Å². The predicted molar refractivity (Wildman–Crippen MR) is 110 cm³/mol. The van der Waals surface area contributed by atoms with Crippen molar-refractivity contribution in [1.29, 1.82) is 0 Å². The largest absolute Gasteiger partial charge is 0.329 e. The first-order valence-electron chi connectivity index (χ1n) is 9.93. The summed E-state index contributed by atoms with van der Waals surface area (Å²) in [4.78, 5) is 0.238. The number of unbranched alkanes of at least 4 members (excludes halogenated alkanes) is 9. The number of benzene rings is 1. The van der Waals surface area contributed by atoms with Crippen molar-refractivity contribution in [2.24, 2.45) is 11.5 Å². The van der Waals surface area contributed by atoms with Gasteiger partial charge in [-0.1, -0.05) is 82.9 Å². The van der Waals surface area contributed by atoms with Gasteiger partial charge in [-0.05, 0) is 18.6 Å². The summed E-state index contributed by atoms with van der Waals surface area (Å²) in [6.07, 6.45) is 12.3. The second-order valence-electron chi connectivity index (χ2n) is 6.35. The molecule has 0 aliphatic heterocycles. The molecule has 4 N–H and O–H groups in total. The highest BCUT2D eigenvalue weighted by Gasteiger charge is 2.13. The molecule has 0 heterocycles. The van der Waals surface area contributed by atoms with Gasteiger partial charge in [0.25, 0.3) is 10.1 Å². The molecule has 152 valence electrons. The lowest BCUT2D eigenvalue weighted by Crippen LogP contribution is -2.11. The normalized spacial score (nSPS) is 11.0. The lowest BCUT2D eigenvalue weighted by Gasteiger charge is -2.05. The minimum Gasteiger partial charge on any atom is -0.329 e. The molecule has 0 unspecified atom stereocenters. The molecule has 5 nitrogen and oxygen atoms in total. The van der Waals surface area contributed by atoms with Crippen molar-refractivity contribution in [3.63, 3.8) is 0 Å². The maximum absolute atomic E-state index is 11.9. The summed E-state index contributed by atoms with van der Waals surface area (Å²) in [6.45, 7) is 3.72. The van der Waals surface area contributed by atoms with Crippen LogP contribution in [0.25, 0.3) is 0 Å². The van der Waals surface area contributed by atoms with Gasteiger partial charge in [0.15, 0.2) is 0 Å². The van der Waals surface area contributed by atoms with Crippen molar-refractivity contribution in [3.05, 3.63) is 30.3 Å². The van der Waals surface area contributed by atoms with Crippen molar-refractivity contribution in [3.8, 4) is 0 Å². The molecule has 0 saturated carbocycles. The van der Waals surface area contributed by atoms with Gasteiger partial charge in [-0.15, -0.1) is 0 Å². The molecule has 0 bridgehead atoms. The quantitative estimate of drug-likeness (QED) is 0.369. The van der Waals surface area contributed by atoms with E-state index in [1.807, 2.05) is 0 Å². The zero-order valence-electron chi connectivity index (χ0n) is 16.4. The molecule has 1 rings (SSSR count). The molecule has 0 fully saturated rings. The number of hydrogen-bond acceptors (Lipinski definition) is 5. The molecule has 1 aromatic carbocycles. The van der Waals surface area contributed by atoms with Crippen LogP contribution in [0, 0.1) is 0 Å². The molecule has 26 heavy (non-hydrogen) atoms. The lowest BCUT2D eigenvalue weighted by molar-refractivity contribution is 0.306. The van der Waals surface area contributed by atoms with Crippen LogP contribution in [0.3, 0.4) is 0 Å². The van der Waals surface area contributed by atoms with Crippen molar-refractivity contribution < 1.29 is 12.6 Å². The molecule has 0 spiro atoms. The monoisotopic (exact) mass is 386 g/mol. The fourth-order valence-electron chi connectivity index (χ4n) is 2.41. The topological polar surface area (TPSA) is 95.4 Å². The maximum atomic E-state index is 11.9. The van der Waals surface area contributed by atoms with E-state index in [0.29, 0.717) is 13.1 Å². The zero-order chi connectivity index (χ0) is 19.5. The smallest absolute Gasteiger partial charge is 0.296 e. The molecule has 0 aromatic heterocycles. The second kappa shape index (κ2) is 17.5. The standard InChI is InChI=1S/C18H30O3S.C2H8N2/c1-2-3-4-5-6-7-8-9-10-14-17-21-22(19,20)18-15-12-11-13-16-18;3-1-2-4/h11-13,15-16H,2-10,14,17H2,1H3;1-4H2. The van der Waals surface area contributed by atoms with Crippen molar-refractivity contribution in [1.82, 2.24) is 0 Å². The zero-order valence-corrected chi connectivity index (χ0v) is 17.2. The van der Waals surface area contributed by atoms with Gasteiger partial charge in [-0.3, -0.25) is 4.18 Å². The minimum absolute atomic E-state index is 0.238. The van der Waals surface area contributed by atoms with E-state index in [1.54, 1.807) is 30.3 Å². The minimum atomic E-state index is -3.57. The highest BCUT2D eigenvalue weighted by Crippen LogP contribution is 2.13. The summed E-state index contributed by atoms with van der Waals surface area (Å²) in [6, 6.07) is 8.33. The van der Waals surface area contributed by atoms with Gasteiger partial charge in [-0.2, -0.15) is 8.42 Å². The molecule has 0 amide bonds. The van der Waals surface area contributed by atoms with E-state index in [0.717, 1.165) is 12.8 Å². The van der Waals surface area contributed by atoms with E-state index in [-0.39, 0.29) is 11.5 Å². The lowest BCUT2D eigenvalue weighted by atomic mass is 10.1. The van der Waals surface area contributed by atoms with E-state index in [2.05, 4.69) is 6.92 Å². The van der Waals surface area contributed by atoms with Crippen LogP contribution in [0.2, 0.25) is 0 Å². The summed E-state index contributed by atoms with van der Waals surface area (Å²) in [7, 11) is -3.57. The first kappa shape index (κ1) is 25.1. The average Bonchev–Trinajstić information content (AvgIpc) is 2.67. The van der Waals surface area contributed by atoms with Gasteiger partial charge >= 0.3 is 0 Å². The van der Waals surface area contributed by atoms with Crippen LogP contribution >= 0.6 is 0 Å². The van der Waals surface area contributed by atoms with Gasteiger partial charge in [0, 0.05) is 13.1 Å². The van der Waals surface area contributed by atoms with Crippen LogP contribution < -0.4 is 11.5 Å². The van der Waals surface area contributed by atoms with Gasteiger partial charge in [0.2, 0.25) is 0 Å². The summed E-state index contributed by atoms with van der Waals surface area (Å²) in [5, 5.41) is 0. The van der Waals surface area contributed by atoms with Crippen LogP contribution in [-0.4, -0.2) is 28.1 Å². The van der Waals surface area contributed by atoms with E-state index >= 15 is 0 Å². The summed E-state index contributed by atoms with van der Waals surface area (Å²) in [5.74, 6) is 0. The number of rotatable bonds is 14. The number of nitrogens with two attached hydrogens (primary N) is 2. The Morgan fingerprint density at radius 1 is 0.769 bits per heavy atom. The Morgan fingerprint density at radius 3 is 1.69 bits per heavy atom. The fourth-order valence-corrected chi connectivity index (χ4v) is 3.38. The molecule has 0 atom stereocenters. The molecule has 1 aromatic rings. The van der Waals surface area contributed by atoms with Crippen molar-refractivity contribution in [2.45, 2.75) is 76.0 Å². The van der Waals surface area contributed by atoms with Crippen LogP contribution in [0.1, 0.15) is 71.1 Å². The Hall–Kier alpha value is -0.950. The Labute approximate surface area is 160 Å². The van der Waals surface area contributed by atoms with Crippen LogP contribution in [0.5, 0.6) is 0 Å². The first-order chi connectivity index (χ1) is 12.6. The van der Waals surface area contributed by atoms with E-state index in [9.17, 15) is 8.42 Å². The van der Waals surface area contributed by atoms with Crippen LogP contribution in [-0.2, 0) is 14.3 Å². The molecular formula is C20H38N2O3S. The highest BCUT2D eigenvalue weighted by molar-refractivity contribution is 7.86. The molecule has 6 heteroatoms. The van der Waals surface area contributed by atoms with Crippen LogP contribution in [0.15, 0.2) is 35.2 Å². The Kier molecular flexibility index (Phi) is 16.8. The average molecular weight is 387 g/mol. The highest BCUT2D eigenvalue weighted by atomic mass is 32.2. The third-order valence-corrected chi connectivity index (χ3v) is 5.26.